The van der Waals surface area contributed by atoms with Gasteiger partial charge in [0.2, 0.25) is 0 Å². The lowest BCUT2D eigenvalue weighted by Crippen LogP contribution is -2.42. The zero-order chi connectivity index (χ0) is 21.1. The number of nitrogens with zero attached hydrogens (tertiary/aromatic N) is 2. The second-order valence-electron chi connectivity index (χ2n) is 7.81. The SMILES string of the molecule is Cc1cccc(NC(=O)C(=O)NCC2CCN(c3nc4ccccc4o3)CC2)c1C. The standard InChI is InChI=1S/C23H26N4O3/c1-15-6-5-8-18(16(15)2)25-22(29)21(28)24-14-17-10-12-27(13-11-17)23-26-19-7-3-4-9-20(19)30-23/h3-9,17H,10-14H2,1-2H3,(H,24,28)(H,25,29). The zero-order valence-electron chi connectivity index (χ0n) is 17.3. The number of para-hydroxylation sites is 2. The van der Waals surface area contributed by atoms with E-state index in [1.54, 1.807) is 6.07 Å². The highest BCUT2D eigenvalue weighted by atomic mass is 16.4. The highest BCUT2D eigenvalue weighted by Gasteiger charge is 2.24. The van der Waals surface area contributed by atoms with Crippen molar-refractivity contribution in [3.8, 4) is 0 Å². The van der Waals surface area contributed by atoms with E-state index in [-0.39, 0.29) is 0 Å². The molecule has 1 aliphatic heterocycles. The minimum absolute atomic E-state index is 0.322. The van der Waals surface area contributed by atoms with Gasteiger partial charge in [-0.05, 0) is 61.9 Å². The van der Waals surface area contributed by atoms with Gasteiger partial charge in [-0.15, -0.1) is 0 Å². The van der Waals surface area contributed by atoms with Crippen molar-refractivity contribution >= 4 is 34.6 Å². The van der Waals surface area contributed by atoms with Crippen molar-refractivity contribution in [1.82, 2.24) is 10.3 Å². The number of carbonyl (C=O) groups is 2. The van der Waals surface area contributed by atoms with Crippen molar-refractivity contribution in [1.29, 1.82) is 0 Å². The van der Waals surface area contributed by atoms with Gasteiger partial charge in [0.25, 0.3) is 6.01 Å². The van der Waals surface area contributed by atoms with Crippen LogP contribution in [0.3, 0.4) is 0 Å². The molecule has 3 aromatic rings. The molecule has 156 valence electrons. The summed E-state index contributed by atoms with van der Waals surface area (Å²) in [7, 11) is 0. The number of aryl methyl sites for hydroxylation is 1. The summed E-state index contributed by atoms with van der Waals surface area (Å²) in [6, 6.07) is 14.0. The molecule has 0 aliphatic carbocycles. The summed E-state index contributed by atoms with van der Waals surface area (Å²) in [6.45, 7) is 6.00. The Morgan fingerprint density at radius 2 is 1.83 bits per heavy atom. The molecule has 2 aromatic carbocycles. The molecule has 2 heterocycles. The number of fused-ring (bicyclic) bond motifs is 1. The maximum atomic E-state index is 12.2. The molecule has 1 aliphatic rings. The van der Waals surface area contributed by atoms with Gasteiger partial charge in [-0.2, -0.15) is 4.98 Å². The molecule has 0 spiro atoms. The van der Waals surface area contributed by atoms with Crippen LogP contribution in [0.4, 0.5) is 11.7 Å². The summed E-state index contributed by atoms with van der Waals surface area (Å²) in [5.41, 5.74) is 4.35. The minimum atomic E-state index is -0.632. The molecule has 7 heteroatoms. The summed E-state index contributed by atoms with van der Waals surface area (Å²) in [5.74, 6) is -0.909. The van der Waals surface area contributed by atoms with E-state index in [4.69, 9.17) is 4.42 Å². The predicted octanol–water partition coefficient (Wildman–Crippen LogP) is 3.42. The monoisotopic (exact) mass is 406 g/mol. The van der Waals surface area contributed by atoms with E-state index in [1.807, 2.05) is 50.2 Å². The van der Waals surface area contributed by atoms with Crippen molar-refractivity contribution in [2.45, 2.75) is 26.7 Å². The number of nitrogens with one attached hydrogen (secondary N) is 2. The van der Waals surface area contributed by atoms with Crippen LogP contribution < -0.4 is 15.5 Å². The zero-order valence-corrected chi connectivity index (χ0v) is 17.3. The lowest BCUT2D eigenvalue weighted by atomic mass is 9.97. The smallest absolute Gasteiger partial charge is 0.313 e. The number of rotatable bonds is 4. The van der Waals surface area contributed by atoms with Gasteiger partial charge in [-0.1, -0.05) is 24.3 Å². The number of anilines is 2. The lowest BCUT2D eigenvalue weighted by molar-refractivity contribution is -0.136. The van der Waals surface area contributed by atoms with Gasteiger partial charge in [-0.25, -0.2) is 0 Å². The summed E-state index contributed by atoms with van der Waals surface area (Å²) in [6.07, 6.45) is 1.80. The topological polar surface area (TPSA) is 87.5 Å². The first-order valence-corrected chi connectivity index (χ1v) is 10.3. The lowest BCUT2D eigenvalue weighted by Gasteiger charge is -2.30. The van der Waals surface area contributed by atoms with Crippen LogP contribution >= 0.6 is 0 Å². The van der Waals surface area contributed by atoms with Crippen LogP contribution in [0.25, 0.3) is 11.1 Å². The number of carbonyl (C=O) groups excluding carboxylic acids is 2. The van der Waals surface area contributed by atoms with E-state index in [0.29, 0.717) is 24.2 Å². The number of aromatic nitrogens is 1. The molecule has 0 atom stereocenters. The normalized spacial score (nSPS) is 14.7. The molecule has 0 unspecified atom stereocenters. The van der Waals surface area contributed by atoms with Gasteiger partial charge in [0.05, 0.1) is 0 Å². The Morgan fingerprint density at radius 1 is 1.07 bits per heavy atom. The summed E-state index contributed by atoms with van der Waals surface area (Å²) < 4.78 is 5.84. The second kappa shape index (κ2) is 8.57. The van der Waals surface area contributed by atoms with Crippen molar-refractivity contribution in [3.63, 3.8) is 0 Å². The Labute approximate surface area is 175 Å². The third-order valence-electron chi connectivity index (χ3n) is 5.78. The van der Waals surface area contributed by atoms with Crippen LogP contribution in [0, 0.1) is 19.8 Å². The maximum Gasteiger partial charge on any atom is 0.313 e. The van der Waals surface area contributed by atoms with E-state index < -0.39 is 11.8 Å². The average Bonchev–Trinajstić information content (AvgIpc) is 3.20. The fraction of sp³-hybridized carbons (Fsp3) is 0.348. The van der Waals surface area contributed by atoms with Gasteiger partial charge in [0.15, 0.2) is 5.58 Å². The first-order chi connectivity index (χ1) is 14.5. The van der Waals surface area contributed by atoms with Crippen LogP contribution in [0.1, 0.15) is 24.0 Å². The molecule has 1 fully saturated rings. The molecule has 0 radical (unpaired) electrons. The quantitative estimate of drug-likeness (QED) is 0.649. The molecule has 0 saturated carbocycles. The Kier molecular flexibility index (Phi) is 5.70. The number of amides is 2. The molecule has 2 amide bonds. The summed E-state index contributed by atoms with van der Waals surface area (Å²) in [4.78, 5) is 31.1. The molecule has 7 nitrogen and oxygen atoms in total. The van der Waals surface area contributed by atoms with Crippen molar-refractivity contribution in [3.05, 3.63) is 53.6 Å². The Bertz CT molecular complexity index is 1030. The molecule has 0 bridgehead atoms. The number of piperidine rings is 1. The minimum Gasteiger partial charge on any atom is -0.423 e. The largest absolute Gasteiger partial charge is 0.423 e. The molecule has 1 aromatic heterocycles. The van der Waals surface area contributed by atoms with E-state index in [1.165, 1.54) is 0 Å². The van der Waals surface area contributed by atoms with Crippen LogP contribution in [0.5, 0.6) is 0 Å². The molecular weight excluding hydrogens is 380 g/mol. The number of oxazole rings is 1. The third-order valence-corrected chi connectivity index (χ3v) is 5.78. The van der Waals surface area contributed by atoms with Crippen molar-refractivity contribution in [2.75, 3.05) is 29.9 Å². The molecule has 4 rings (SSSR count). The van der Waals surface area contributed by atoms with Crippen LogP contribution in [-0.4, -0.2) is 36.4 Å². The number of benzene rings is 2. The van der Waals surface area contributed by atoms with Gasteiger partial charge in [0, 0.05) is 25.3 Å². The fourth-order valence-corrected chi connectivity index (χ4v) is 3.71. The fourth-order valence-electron chi connectivity index (χ4n) is 3.71. The number of hydrogen-bond acceptors (Lipinski definition) is 5. The Hall–Kier alpha value is -3.35. The van der Waals surface area contributed by atoms with Gasteiger partial charge in [0.1, 0.15) is 5.52 Å². The maximum absolute atomic E-state index is 12.2. The average molecular weight is 406 g/mol. The van der Waals surface area contributed by atoms with E-state index in [9.17, 15) is 9.59 Å². The van der Waals surface area contributed by atoms with Crippen LogP contribution in [-0.2, 0) is 9.59 Å². The first-order valence-electron chi connectivity index (χ1n) is 10.3. The summed E-state index contributed by atoms with van der Waals surface area (Å²) >= 11 is 0. The van der Waals surface area contributed by atoms with E-state index >= 15 is 0 Å². The van der Waals surface area contributed by atoms with Crippen molar-refractivity contribution < 1.29 is 14.0 Å². The summed E-state index contributed by atoms with van der Waals surface area (Å²) in [5, 5.41) is 5.47. The molecule has 30 heavy (non-hydrogen) atoms. The van der Waals surface area contributed by atoms with Crippen LogP contribution in [0.15, 0.2) is 46.9 Å². The van der Waals surface area contributed by atoms with Crippen LogP contribution in [0.2, 0.25) is 0 Å². The molecular formula is C23H26N4O3. The number of hydrogen-bond donors (Lipinski definition) is 2. The molecule has 1 saturated heterocycles. The van der Waals surface area contributed by atoms with Crippen molar-refractivity contribution in [2.24, 2.45) is 5.92 Å². The van der Waals surface area contributed by atoms with Gasteiger partial charge in [-0.3, -0.25) is 9.59 Å². The van der Waals surface area contributed by atoms with Gasteiger partial charge < -0.3 is 20.0 Å². The second-order valence-corrected chi connectivity index (χ2v) is 7.81. The van der Waals surface area contributed by atoms with Gasteiger partial charge >= 0.3 is 11.8 Å². The highest BCUT2D eigenvalue weighted by Crippen LogP contribution is 2.26. The highest BCUT2D eigenvalue weighted by molar-refractivity contribution is 6.39. The predicted molar refractivity (Wildman–Crippen MR) is 117 cm³/mol. The molecule has 2 N–H and O–H groups in total. The van der Waals surface area contributed by atoms with E-state index in [0.717, 1.165) is 48.2 Å². The van der Waals surface area contributed by atoms with E-state index in [2.05, 4.69) is 20.5 Å². The Morgan fingerprint density at radius 3 is 2.60 bits per heavy atom. The third kappa shape index (κ3) is 4.30. The first kappa shape index (κ1) is 19.9. The Balaban J connectivity index is 1.25.